The third kappa shape index (κ3) is 5.13. The van der Waals surface area contributed by atoms with E-state index in [1.807, 2.05) is 24.3 Å². The highest BCUT2D eigenvalue weighted by Crippen LogP contribution is 2.27. The number of Topliss-reactive ketones (excluding diaryl/α,β-unsaturated/α-hetero) is 1. The molecule has 1 atom stereocenters. The van der Waals surface area contributed by atoms with Crippen molar-refractivity contribution in [2.24, 2.45) is 0 Å². The molecule has 0 N–H and O–H groups in total. The van der Waals surface area contributed by atoms with Gasteiger partial charge in [-0.1, -0.05) is 30.3 Å². The van der Waals surface area contributed by atoms with Gasteiger partial charge in [-0.2, -0.15) is 0 Å². The lowest BCUT2D eigenvalue weighted by molar-refractivity contribution is -0.274. The van der Waals surface area contributed by atoms with Crippen LogP contribution in [0.3, 0.4) is 0 Å². The van der Waals surface area contributed by atoms with Crippen LogP contribution < -0.4 is 4.74 Å². The molecule has 0 unspecified atom stereocenters. The Kier molecular flexibility index (Phi) is 6.45. The molecular weight excluding hydrogens is 449 g/mol. The van der Waals surface area contributed by atoms with E-state index in [-0.39, 0.29) is 36.2 Å². The van der Waals surface area contributed by atoms with Crippen LogP contribution in [0.2, 0.25) is 0 Å². The molecular formula is C25H23F3N2O4. The van der Waals surface area contributed by atoms with Gasteiger partial charge in [-0.25, -0.2) is 0 Å². The highest BCUT2D eigenvalue weighted by atomic mass is 19.4. The SMILES string of the molecule is CC(=O)n1cc(CC(=O)N2CCC[C@H]2C(=O)Cc2cccc(OC(F)(F)F)c2)c2ccccc21. The first-order chi connectivity index (χ1) is 16.1. The number of ketones is 1. The molecule has 1 aromatic heterocycles. The van der Waals surface area contributed by atoms with Crippen LogP contribution in [-0.4, -0.2) is 46.0 Å². The number of carbonyl (C=O) groups is 3. The zero-order valence-electron chi connectivity index (χ0n) is 18.5. The smallest absolute Gasteiger partial charge is 0.406 e. The monoisotopic (exact) mass is 472 g/mol. The zero-order chi connectivity index (χ0) is 24.5. The molecule has 0 bridgehead atoms. The number of amides is 1. The highest BCUT2D eigenvalue weighted by molar-refractivity contribution is 5.97. The summed E-state index contributed by atoms with van der Waals surface area (Å²) in [6, 6.07) is 12.0. The van der Waals surface area contributed by atoms with Crippen LogP contribution in [0.15, 0.2) is 54.7 Å². The molecule has 0 aliphatic carbocycles. The van der Waals surface area contributed by atoms with E-state index >= 15 is 0 Å². The lowest BCUT2D eigenvalue weighted by Gasteiger charge is -2.24. The van der Waals surface area contributed by atoms with E-state index in [0.29, 0.717) is 36.0 Å². The number of rotatable bonds is 6. The van der Waals surface area contributed by atoms with Crippen LogP contribution >= 0.6 is 0 Å². The zero-order valence-corrected chi connectivity index (χ0v) is 18.5. The van der Waals surface area contributed by atoms with Gasteiger partial charge in [-0.15, -0.1) is 13.2 Å². The number of fused-ring (bicyclic) bond motifs is 1. The van der Waals surface area contributed by atoms with Crippen molar-refractivity contribution in [2.45, 2.75) is 45.0 Å². The van der Waals surface area contributed by atoms with E-state index in [2.05, 4.69) is 4.74 Å². The number of halogens is 3. The third-order valence-electron chi connectivity index (χ3n) is 5.93. The minimum absolute atomic E-state index is 0.0412. The molecule has 6 nitrogen and oxygen atoms in total. The van der Waals surface area contributed by atoms with Crippen molar-refractivity contribution in [1.29, 1.82) is 0 Å². The highest BCUT2D eigenvalue weighted by Gasteiger charge is 2.34. The maximum absolute atomic E-state index is 13.2. The second-order valence-electron chi connectivity index (χ2n) is 8.32. The number of hydrogen-bond acceptors (Lipinski definition) is 4. The lowest BCUT2D eigenvalue weighted by atomic mass is 10.0. The summed E-state index contributed by atoms with van der Waals surface area (Å²) in [6.45, 7) is 1.87. The summed E-state index contributed by atoms with van der Waals surface area (Å²) in [5.74, 6) is -1.02. The Morgan fingerprint density at radius 1 is 1.06 bits per heavy atom. The summed E-state index contributed by atoms with van der Waals surface area (Å²) >= 11 is 0. The van der Waals surface area contributed by atoms with Crippen molar-refractivity contribution in [1.82, 2.24) is 9.47 Å². The van der Waals surface area contributed by atoms with E-state index in [9.17, 15) is 27.6 Å². The van der Waals surface area contributed by atoms with Crippen molar-refractivity contribution in [2.75, 3.05) is 6.54 Å². The van der Waals surface area contributed by atoms with Gasteiger partial charge in [0.25, 0.3) is 0 Å². The van der Waals surface area contributed by atoms with E-state index in [0.717, 1.165) is 5.39 Å². The Labute approximate surface area is 193 Å². The van der Waals surface area contributed by atoms with Crippen LogP contribution in [0.25, 0.3) is 10.9 Å². The van der Waals surface area contributed by atoms with Gasteiger partial charge >= 0.3 is 6.36 Å². The van der Waals surface area contributed by atoms with Crippen LogP contribution in [-0.2, 0) is 22.4 Å². The number of aromatic nitrogens is 1. The van der Waals surface area contributed by atoms with Gasteiger partial charge in [0.2, 0.25) is 11.8 Å². The van der Waals surface area contributed by atoms with Gasteiger partial charge in [0.05, 0.1) is 18.0 Å². The number of ether oxygens (including phenoxy) is 1. The molecule has 2 heterocycles. The molecule has 1 aliphatic rings. The van der Waals surface area contributed by atoms with Gasteiger partial charge < -0.3 is 9.64 Å². The summed E-state index contributed by atoms with van der Waals surface area (Å²) in [6.07, 6.45) is -2.06. The summed E-state index contributed by atoms with van der Waals surface area (Å²) < 4.78 is 42.9. The van der Waals surface area contributed by atoms with E-state index in [1.54, 1.807) is 12.3 Å². The third-order valence-corrected chi connectivity index (χ3v) is 5.93. The Morgan fingerprint density at radius 2 is 1.82 bits per heavy atom. The minimum atomic E-state index is -4.82. The number of benzene rings is 2. The fourth-order valence-electron chi connectivity index (χ4n) is 4.49. The first-order valence-corrected chi connectivity index (χ1v) is 10.9. The van der Waals surface area contributed by atoms with Crippen molar-refractivity contribution in [3.05, 3.63) is 65.9 Å². The number of hydrogen-bond donors (Lipinski definition) is 0. The molecule has 0 radical (unpaired) electrons. The Hall–Kier alpha value is -3.62. The number of carbonyl (C=O) groups excluding carboxylic acids is 3. The molecule has 1 saturated heterocycles. The Bertz CT molecular complexity index is 1250. The maximum Gasteiger partial charge on any atom is 0.573 e. The second-order valence-corrected chi connectivity index (χ2v) is 8.32. The molecule has 1 aliphatic heterocycles. The average molecular weight is 472 g/mol. The number of alkyl halides is 3. The van der Waals surface area contributed by atoms with E-state index < -0.39 is 12.4 Å². The molecule has 34 heavy (non-hydrogen) atoms. The van der Waals surface area contributed by atoms with Crippen molar-refractivity contribution < 1.29 is 32.3 Å². The molecule has 2 aromatic carbocycles. The average Bonchev–Trinajstić information content (AvgIpc) is 3.38. The Morgan fingerprint density at radius 3 is 2.56 bits per heavy atom. The largest absolute Gasteiger partial charge is 0.573 e. The fraction of sp³-hybridized carbons (Fsp3) is 0.320. The molecule has 1 fully saturated rings. The maximum atomic E-state index is 13.2. The van der Waals surface area contributed by atoms with Crippen molar-refractivity contribution in [3.63, 3.8) is 0 Å². The van der Waals surface area contributed by atoms with Crippen LogP contribution in [0.5, 0.6) is 5.75 Å². The Balaban J connectivity index is 1.48. The minimum Gasteiger partial charge on any atom is -0.406 e. The molecule has 9 heteroatoms. The summed E-state index contributed by atoms with van der Waals surface area (Å²) in [5.41, 5.74) is 1.80. The topological polar surface area (TPSA) is 68.6 Å². The molecule has 0 saturated carbocycles. The second kappa shape index (κ2) is 9.32. The van der Waals surface area contributed by atoms with E-state index in [1.165, 1.54) is 34.6 Å². The van der Waals surface area contributed by atoms with Gasteiger partial charge in [0, 0.05) is 31.5 Å². The molecule has 4 rings (SSSR count). The van der Waals surface area contributed by atoms with Gasteiger partial charge in [-0.3, -0.25) is 19.0 Å². The van der Waals surface area contributed by atoms with Crippen LogP contribution in [0.4, 0.5) is 13.2 Å². The summed E-state index contributed by atoms with van der Waals surface area (Å²) in [4.78, 5) is 39.7. The predicted molar refractivity (Wildman–Crippen MR) is 119 cm³/mol. The standard InChI is InChI=1S/C25H23F3N2O4/c1-16(31)30-15-18(20-8-2-3-9-21(20)30)14-24(33)29-11-5-10-22(29)23(32)13-17-6-4-7-19(12-17)34-25(26,27)28/h2-4,6-9,12,15,22H,5,10-11,13-14H2,1H3/t22-/m0/s1. The number of para-hydroxylation sites is 1. The van der Waals surface area contributed by atoms with Crippen LogP contribution in [0.1, 0.15) is 35.7 Å². The predicted octanol–water partition coefficient (Wildman–Crippen LogP) is 4.55. The molecule has 1 amide bonds. The van der Waals surface area contributed by atoms with E-state index in [4.69, 9.17) is 0 Å². The van der Waals surface area contributed by atoms with Crippen molar-refractivity contribution >= 4 is 28.5 Å². The molecule has 178 valence electrons. The molecule has 0 spiro atoms. The fourth-order valence-corrected chi connectivity index (χ4v) is 4.49. The molecule has 3 aromatic rings. The summed E-state index contributed by atoms with van der Waals surface area (Å²) in [5, 5.41) is 0.801. The van der Waals surface area contributed by atoms with Crippen LogP contribution in [0, 0.1) is 0 Å². The van der Waals surface area contributed by atoms with Crippen molar-refractivity contribution in [3.8, 4) is 5.75 Å². The van der Waals surface area contributed by atoms with Gasteiger partial charge in [0.15, 0.2) is 5.78 Å². The quantitative estimate of drug-likeness (QED) is 0.528. The lowest BCUT2D eigenvalue weighted by Crippen LogP contribution is -2.41. The van der Waals surface area contributed by atoms with Gasteiger partial charge in [0.1, 0.15) is 5.75 Å². The van der Waals surface area contributed by atoms with Gasteiger partial charge in [-0.05, 0) is 42.2 Å². The first-order valence-electron chi connectivity index (χ1n) is 10.9. The first kappa shape index (κ1) is 23.5. The number of likely N-dealkylation sites (tertiary alicyclic amines) is 1. The summed E-state index contributed by atoms with van der Waals surface area (Å²) in [7, 11) is 0. The number of nitrogens with zero attached hydrogens (tertiary/aromatic N) is 2. The normalized spacial score (nSPS) is 16.1.